The zero-order chi connectivity index (χ0) is 20.7. The van der Waals surface area contributed by atoms with E-state index in [-0.39, 0.29) is 28.2 Å². The molecule has 0 aliphatic carbocycles. The molecule has 3 aromatic rings. The van der Waals surface area contributed by atoms with Crippen LogP contribution in [0.5, 0.6) is 5.75 Å². The highest BCUT2D eigenvalue weighted by molar-refractivity contribution is 5.82. The Morgan fingerprint density at radius 1 is 1.07 bits per heavy atom. The van der Waals surface area contributed by atoms with Crippen molar-refractivity contribution >= 4 is 5.65 Å². The first-order chi connectivity index (χ1) is 13.0. The van der Waals surface area contributed by atoms with Crippen molar-refractivity contribution in [1.29, 1.82) is 0 Å². The number of pyridine rings is 1. The third kappa shape index (κ3) is 4.22. The summed E-state index contributed by atoms with van der Waals surface area (Å²) >= 11 is 0. The third-order valence-corrected chi connectivity index (χ3v) is 3.89. The Bertz CT molecular complexity index is 992. The number of aliphatic hydroxyl groups excluding tert-OH is 1. The lowest BCUT2D eigenvalue weighted by Gasteiger charge is -2.15. The summed E-state index contributed by atoms with van der Waals surface area (Å²) in [7, 11) is 0. The largest absolute Gasteiger partial charge is 0.483 e. The van der Waals surface area contributed by atoms with E-state index in [4.69, 9.17) is 4.74 Å². The summed E-state index contributed by atoms with van der Waals surface area (Å²) in [5.74, 6) is -0.234. The van der Waals surface area contributed by atoms with Crippen molar-refractivity contribution in [2.45, 2.75) is 25.4 Å². The molecular weight excluding hydrogens is 390 g/mol. The molecule has 0 fully saturated rings. The lowest BCUT2D eigenvalue weighted by molar-refractivity contribution is -0.153. The molecule has 0 aliphatic rings. The van der Waals surface area contributed by atoms with Crippen molar-refractivity contribution in [3.8, 4) is 16.9 Å². The van der Waals surface area contributed by atoms with Gasteiger partial charge in [0.2, 0.25) is 0 Å². The third-order valence-electron chi connectivity index (χ3n) is 3.89. The molecule has 4 nitrogen and oxygen atoms in total. The van der Waals surface area contributed by atoms with Crippen LogP contribution in [0.25, 0.3) is 16.8 Å². The molecule has 3 rings (SSSR count). The maximum absolute atomic E-state index is 13.3. The van der Waals surface area contributed by atoms with E-state index in [9.17, 15) is 31.4 Å². The van der Waals surface area contributed by atoms with Crippen LogP contribution in [0.15, 0.2) is 42.7 Å². The minimum absolute atomic E-state index is 0.0191. The first kappa shape index (κ1) is 20.0. The van der Waals surface area contributed by atoms with E-state index >= 15 is 0 Å². The van der Waals surface area contributed by atoms with E-state index in [1.54, 1.807) is 0 Å². The maximum Gasteiger partial charge on any atom is 0.422 e. The number of alkyl halides is 6. The van der Waals surface area contributed by atoms with Gasteiger partial charge in [-0.1, -0.05) is 18.2 Å². The van der Waals surface area contributed by atoms with Crippen LogP contribution in [0.1, 0.15) is 24.3 Å². The number of ether oxygens (including phenoxy) is 1. The number of para-hydroxylation sites is 1. The van der Waals surface area contributed by atoms with Crippen molar-refractivity contribution in [1.82, 2.24) is 9.38 Å². The average molecular weight is 404 g/mol. The minimum atomic E-state index is -4.69. The molecule has 28 heavy (non-hydrogen) atoms. The van der Waals surface area contributed by atoms with Crippen LogP contribution in [-0.4, -0.2) is 27.3 Å². The van der Waals surface area contributed by atoms with Crippen molar-refractivity contribution < 1.29 is 36.2 Å². The summed E-state index contributed by atoms with van der Waals surface area (Å²) in [5, 5.41) is 9.70. The Morgan fingerprint density at radius 2 is 1.75 bits per heavy atom. The van der Waals surface area contributed by atoms with E-state index in [1.807, 2.05) is 0 Å². The van der Waals surface area contributed by atoms with Gasteiger partial charge in [0.05, 0.1) is 17.4 Å². The topological polar surface area (TPSA) is 46.8 Å². The molecular formula is C18H14F6N2O2. The molecule has 0 aliphatic heterocycles. The number of aliphatic hydroxyl groups is 1. The summed E-state index contributed by atoms with van der Waals surface area (Å²) in [6.45, 7) is -0.195. The van der Waals surface area contributed by atoms with Gasteiger partial charge in [-0.25, -0.2) is 4.98 Å². The number of fused-ring (bicyclic) bond motifs is 1. The summed E-state index contributed by atoms with van der Waals surface area (Å²) in [5.41, 5.74) is -0.901. The van der Waals surface area contributed by atoms with Crippen LogP contribution < -0.4 is 4.74 Å². The smallest absolute Gasteiger partial charge is 0.422 e. The monoisotopic (exact) mass is 404 g/mol. The van der Waals surface area contributed by atoms with Gasteiger partial charge >= 0.3 is 12.4 Å². The molecule has 0 saturated heterocycles. The molecule has 0 amide bonds. The fourth-order valence-corrected chi connectivity index (χ4v) is 2.65. The molecule has 10 heteroatoms. The molecule has 150 valence electrons. The first-order valence-corrected chi connectivity index (χ1v) is 8.02. The van der Waals surface area contributed by atoms with Crippen LogP contribution in [-0.2, 0) is 6.18 Å². The van der Waals surface area contributed by atoms with E-state index in [0.29, 0.717) is 0 Å². The Labute approximate surface area is 155 Å². The fourth-order valence-electron chi connectivity index (χ4n) is 2.65. The number of hydrogen-bond donors (Lipinski definition) is 1. The Hall–Kier alpha value is -2.75. The highest BCUT2D eigenvalue weighted by Crippen LogP contribution is 2.38. The van der Waals surface area contributed by atoms with Gasteiger partial charge in [0.15, 0.2) is 6.61 Å². The van der Waals surface area contributed by atoms with Gasteiger partial charge in [-0.2, -0.15) is 26.3 Å². The Morgan fingerprint density at radius 3 is 2.36 bits per heavy atom. The first-order valence-electron chi connectivity index (χ1n) is 8.02. The van der Waals surface area contributed by atoms with Crippen LogP contribution in [0.3, 0.4) is 0 Å². The summed E-state index contributed by atoms with van der Waals surface area (Å²) in [6.07, 6.45) is -8.31. The molecule has 1 aromatic carbocycles. The number of halogens is 6. The normalized spacial score (nSPS) is 13.7. The van der Waals surface area contributed by atoms with E-state index in [0.717, 1.165) is 16.7 Å². The van der Waals surface area contributed by atoms with Crippen LogP contribution in [0, 0.1) is 0 Å². The van der Waals surface area contributed by atoms with Crippen LogP contribution in [0.4, 0.5) is 26.3 Å². The number of rotatable bonds is 4. The Kier molecular flexibility index (Phi) is 5.00. The number of hydrogen-bond acceptors (Lipinski definition) is 3. The highest BCUT2D eigenvalue weighted by Gasteiger charge is 2.33. The number of nitrogens with zero attached hydrogens (tertiary/aromatic N) is 2. The van der Waals surface area contributed by atoms with Gasteiger partial charge in [-0.15, -0.1) is 0 Å². The number of benzene rings is 1. The van der Waals surface area contributed by atoms with Gasteiger partial charge < -0.3 is 14.2 Å². The van der Waals surface area contributed by atoms with Crippen LogP contribution in [0.2, 0.25) is 0 Å². The molecule has 0 radical (unpaired) electrons. The zero-order valence-electron chi connectivity index (χ0n) is 14.3. The molecule has 0 unspecified atom stereocenters. The highest BCUT2D eigenvalue weighted by atomic mass is 19.4. The SMILES string of the molecule is C[C@@H](O)c1cn2cc(C(F)(F)F)cc(-c3ccccc3OCC(F)(F)F)c2n1. The standard InChI is InChI=1S/C18H14F6N2O2/c1-10(27)14-8-26-7-11(18(22,23)24)6-13(16(26)25-14)12-4-2-3-5-15(12)28-9-17(19,20)21/h2-8,10,27H,9H2,1H3/t10-/m1/s1. The summed E-state index contributed by atoms with van der Waals surface area (Å²) in [6, 6.07) is 6.25. The zero-order valence-corrected chi connectivity index (χ0v) is 14.3. The molecule has 0 saturated carbocycles. The second-order valence-electron chi connectivity index (χ2n) is 6.11. The van der Waals surface area contributed by atoms with Gasteiger partial charge in [0, 0.05) is 23.5 Å². The molecule has 0 spiro atoms. The van der Waals surface area contributed by atoms with Crippen molar-refractivity contribution in [2.75, 3.05) is 6.61 Å². The quantitative estimate of drug-likeness (QED) is 0.622. The molecule has 0 bridgehead atoms. The van der Waals surface area contributed by atoms with E-state index in [1.165, 1.54) is 37.4 Å². The lowest BCUT2D eigenvalue weighted by atomic mass is 10.0. The second kappa shape index (κ2) is 7.01. The van der Waals surface area contributed by atoms with Gasteiger partial charge in [-0.3, -0.25) is 0 Å². The summed E-state index contributed by atoms with van der Waals surface area (Å²) < 4.78 is 83.4. The minimum Gasteiger partial charge on any atom is -0.483 e. The number of imidazole rings is 1. The molecule has 2 heterocycles. The van der Waals surface area contributed by atoms with E-state index < -0.39 is 30.6 Å². The van der Waals surface area contributed by atoms with Gasteiger partial charge in [0.1, 0.15) is 11.4 Å². The van der Waals surface area contributed by atoms with Crippen molar-refractivity contribution in [3.63, 3.8) is 0 Å². The summed E-state index contributed by atoms with van der Waals surface area (Å²) in [4.78, 5) is 4.13. The van der Waals surface area contributed by atoms with Crippen LogP contribution >= 0.6 is 0 Å². The van der Waals surface area contributed by atoms with Crippen molar-refractivity contribution in [2.24, 2.45) is 0 Å². The van der Waals surface area contributed by atoms with Crippen molar-refractivity contribution in [3.05, 3.63) is 54.0 Å². The maximum atomic E-state index is 13.3. The van der Waals surface area contributed by atoms with Gasteiger partial charge in [-0.05, 0) is 19.1 Å². The van der Waals surface area contributed by atoms with E-state index in [2.05, 4.69) is 4.98 Å². The lowest BCUT2D eigenvalue weighted by Crippen LogP contribution is -2.19. The fraction of sp³-hybridized carbons (Fsp3) is 0.278. The molecule has 1 atom stereocenters. The average Bonchev–Trinajstić information content (AvgIpc) is 3.02. The molecule has 2 aromatic heterocycles. The Balaban J connectivity index is 2.22. The predicted molar refractivity (Wildman–Crippen MR) is 87.8 cm³/mol. The molecule has 1 N–H and O–H groups in total. The van der Waals surface area contributed by atoms with Gasteiger partial charge in [0.25, 0.3) is 0 Å². The predicted octanol–water partition coefficient (Wildman–Crippen LogP) is 5.01. The number of aromatic nitrogens is 2. The second-order valence-corrected chi connectivity index (χ2v) is 6.11.